The molecule has 2 N–H and O–H groups in total. The topological polar surface area (TPSA) is 77.3 Å². The number of hydrogen-bond acceptors (Lipinski definition) is 5. The molecule has 2 aliphatic rings. The van der Waals surface area contributed by atoms with Crippen LogP contribution in [-0.2, 0) is 5.54 Å². The van der Waals surface area contributed by atoms with E-state index < -0.39 is 0 Å². The van der Waals surface area contributed by atoms with Gasteiger partial charge in [0.1, 0.15) is 11.4 Å². The molecule has 1 aliphatic carbocycles. The molecule has 0 amide bonds. The van der Waals surface area contributed by atoms with E-state index in [1.165, 1.54) is 0 Å². The third-order valence-corrected chi connectivity index (χ3v) is 6.37. The van der Waals surface area contributed by atoms with Crippen molar-refractivity contribution in [2.75, 3.05) is 5.73 Å². The summed E-state index contributed by atoms with van der Waals surface area (Å²) in [5.41, 5.74) is 13.5. The lowest BCUT2D eigenvalue weighted by molar-refractivity contribution is 0.354. The van der Waals surface area contributed by atoms with Crippen LogP contribution in [0.25, 0.3) is 22.3 Å². The fourth-order valence-corrected chi connectivity index (χ4v) is 4.45. The molecule has 2 aromatic heterocycles. The highest BCUT2D eigenvalue weighted by atomic mass is 35.5. The lowest BCUT2D eigenvalue weighted by Gasteiger charge is -2.13. The number of pyridine rings is 1. The van der Waals surface area contributed by atoms with E-state index in [0.29, 0.717) is 10.8 Å². The molecule has 1 spiro atoms. The maximum atomic E-state index is 6.17. The van der Waals surface area contributed by atoms with Gasteiger partial charge in [-0.1, -0.05) is 41.0 Å². The molecule has 1 saturated carbocycles. The number of nitrogen functional groups attached to an aromatic ring is 1. The van der Waals surface area contributed by atoms with Gasteiger partial charge >= 0.3 is 0 Å². The van der Waals surface area contributed by atoms with Crippen LogP contribution < -0.4 is 5.73 Å². The molecule has 2 aromatic carbocycles. The Bertz CT molecular complexity index is 1350. The Morgan fingerprint density at radius 3 is 2.39 bits per heavy atom. The Labute approximate surface area is 184 Å². The van der Waals surface area contributed by atoms with Gasteiger partial charge in [0.15, 0.2) is 5.76 Å². The molecule has 0 radical (unpaired) electrons. The van der Waals surface area contributed by atoms with Gasteiger partial charge in [0.2, 0.25) is 0 Å². The number of benzene rings is 2. The largest absolute Gasteiger partial charge is 0.384 e. The number of aliphatic imine (C=N–C) groups is 1. The SMILES string of the molecule is Cc1noc2c1-c1ccc(-c3ccc(N)nc3)cc1C(c1ccc(Cl)cc1)=NC21CC1. The molecule has 3 heterocycles. The molecule has 4 aromatic rings. The summed E-state index contributed by atoms with van der Waals surface area (Å²) in [6, 6.07) is 18.1. The first-order chi connectivity index (χ1) is 15.0. The van der Waals surface area contributed by atoms with Crippen LogP contribution in [0, 0.1) is 6.92 Å². The second kappa shape index (κ2) is 6.53. The van der Waals surface area contributed by atoms with Crippen LogP contribution in [0.2, 0.25) is 5.02 Å². The van der Waals surface area contributed by atoms with Crippen molar-refractivity contribution >= 4 is 23.1 Å². The smallest absolute Gasteiger partial charge is 0.172 e. The Morgan fingerprint density at radius 2 is 1.68 bits per heavy atom. The summed E-state index contributed by atoms with van der Waals surface area (Å²) in [6.45, 7) is 1.99. The predicted octanol–water partition coefficient (Wildman–Crippen LogP) is 5.79. The number of aryl methyl sites for hydroxylation is 1. The summed E-state index contributed by atoms with van der Waals surface area (Å²) in [5.74, 6) is 1.37. The summed E-state index contributed by atoms with van der Waals surface area (Å²) < 4.78 is 5.83. The summed E-state index contributed by atoms with van der Waals surface area (Å²) >= 11 is 6.17. The zero-order valence-electron chi connectivity index (χ0n) is 16.9. The highest BCUT2D eigenvalue weighted by molar-refractivity contribution is 6.30. The first-order valence-corrected chi connectivity index (χ1v) is 10.6. The molecule has 5 nitrogen and oxygen atoms in total. The monoisotopic (exact) mass is 426 g/mol. The Hall–Kier alpha value is -3.44. The highest BCUT2D eigenvalue weighted by Crippen LogP contribution is 2.55. The van der Waals surface area contributed by atoms with Crippen molar-refractivity contribution in [3.05, 3.63) is 88.4 Å². The summed E-state index contributed by atoms with van der Waals surface area (Å²) in [6.07, 6.45) is 3.70. The van der Waals surface area contributed by atoms with Crippen molar-refractivity contribution < 1.29 is 4.52 Å². The number of aromatic nitrogens is 2. The zero-order chi connectivity index (χ0) is 21.2. The second-order valence-electron chi connectivity index (χ2n) is 8.20. The number of nitrogens with two attached hydrogens (primary N) is 1. The van der Waals surface area contributed by atoms with Crippen molar-refractivity contribution in [3.8, 4) is 22.3 Å². The fourth-order valence-electron chi connectivity index (χ4n) is 4.33. The van der Waals surface area contributed by atoms with Gasteiger partial charge in [0.25, 0.3) is 0 Å². The van der Waals surface area contributed by atoms with Gasteiger partial charge in [-0.2, -0.15) is 0 Å². The van der Waals surface area contributed by atoms with Gasteiger partial charge in [-0.25, -0.2) is 4.98 Å². The third-order valence-electron chi connectivity index (χ3n) is 6.12. The lowest BCUT2D eigenvalue weighted by Crippen LogP contribution is -2.09. The fraction of sp³-hybridized carbons (Fsp3) is 0.160. The van der Waals surface area contributed by atoms with E-state index in [0.717, 1.165) is 63.4 Å². The molecular weight excluding hydrogens is 408 g/mol. The third kappa shape index (κ3) is 2.88. The average Bonchev–Trinajstić information content (AvgIpc) is 3.48. The van der Waals surface area contributed by atoms with Gasteiger partial charge < -0.3 is 10.3 Å². The zero-order valence-corrected chi connectivity index (χ0v) is 17.6. The molecule has 6 rings (SSSR count). The standard InChI is InChI=1S/C25H19ClN4O/c1-14-22-19-8-4-16(17-5-9-21(27)28-13-17)12-20(19)23(15-2-6-18(26)7-3-15)29-25(10-11-25)24(22)31-30-14/h2-9,12-13H,10-11H2,1H3,(H2,27,28). The number of halogens is 1. The van der Waals surface area contributed by atoms with Crippen molar-refractivity contribution in [1.82, 2.24) is 10.1 Å². The summed E-state index contributed by atoms with van der Waals surface area (Å²) in [4.78, 5) is 9.52. The molecule has 0 unspecified atom stereocenters. The number of anilines is 1. The van der Waals surface area contributed by atoms with Crippen LogP contribution >= 0.6 is 11.6 Å². The molecule has 1 aliphatic heterocycles. The van der Waals surface area contributed by atoms with E-state index in [1.54, 1.807) is 6.20 Å². The quantitative estimate of drug-likeness (QED) is 0.440. The maximum absolute atomic E-state index is 6.17. The first-order valence-electron chi connectivity index (χ1n) is 10.2. The minimum absolute atomic E-state index is 0.340. The van der Waals surface area contributed by atoms with E-state index in [9.17, 15) is 0 Å². The second-order valence-corrected chi connectivity index (χ2v) is 8.64. The predicted molar refractivity (Wildman–Crippen MR) is 122 cm³/mol. The average molecular weight is 427 g/mol. The molecule has 31 heavy (non-hydrogen) atoms. The number of nitrogens with zero attached hydrogens (tertiary/aromatic N) is 3. The van der Waals surface area contributed by atoms with Crippen LogP contribution in [0.1, 0.15) is 35.4 Å². The van der Waals surface area contributed by atoms with Crippen LogP contribution in [0.4, 0.5) is 5.82 Å². The minimum Gasteiger partial charge on any atom is -0.384 e. The Balaban J connectivity index is 1.63. The molecule has 1 fully saturated rings. The Kier molecular flexibility index (Phi) is 3.86. The van der Waals surface area contributed by atoms with E-state index >= 15 is 0 Å². The minimum atomic E-state index is -0.340. The number of rotatable bonds is 2. The van der Waals surface area contributed by atoms with Crippen molar-refractivity contribution in [2.45, 2.75) is 25.3 Å². The van der Waals surface area contributed by atoms with E-state index in [2.05, 4.69) is 28.3 Å². The highest BCUT2D eigenvalue weighted by Gasteiger charge is 2.52. The molecular formula is C25H19ClN4O. The Morgan fingerprint density at radius 1 is 0.935 bits per heavy atom. The normalized spacial score (nSPS) is 15.7. The van der Waals surface area contributed by atoms with Gasteiger partial charge in [-0.05, 0) is 61.2 Å². The van der Waals surface area contributed by atoms with Gasteiger partial charge in [0, 0.05) is 27.9 Å². The molecule has 6 heteroatoms. The number of fused-ring (bicyclic) bond motifs is 4. The van der Waals surface area contributed by atoms with Crippen molar-refractivity contribution in [3.63, 3.8) is 0 Å². The number of hydrogen-bond donors (Lipinski definition) is 1. The molecule has 152 valence electrons. The van der Waals surface area contributed by atoms with Crippen LogP contribution in [0.15, 0.2) is 70.3 Å². The van der Waals surface area contributed by atoms with E-state index in [1.807, 2.05) is 43.3 Å². The van der Waals surface area contributed by atoms with Gasteiger partial charge in [-0.3, -0.25) is 4.99 Å². The van der Waals surface area contributed by atoms with Crippen LogP contribution in [0.5, 0.6) is 0 Å². The summed E-state index contributed by atoms with van der Waals surface area (Å²) in [7, 11) is 0. The van der Waals surface area contributed by atoms with Crippen molar-refractivity contribution in [1.29, 1.82) is 0 Å². The molecule has 0 saturated heterocycles. The summed E-state index contributed by atoms with van der Waals surface area (Å²) in [5, 5.41) is 4.99. The van der Waals surface area contributed by atoms with Crippen molar-refractivity contribution in [2.24, 2.45) is 4.99 Å². The lowest BCUT2D eigenvalue weighted by atomic mass is 9.90. The maximum Gasteiger partial charge on any atom is 0.172 e. The molecule has 0 bridgehead atoms. The molecule has 0 atom stereocenters. The van der Waals surface area contributed by atoms with E-state index in [4.69, 9.17) is 26.9 Å². The van der Waals surface area contributed by atoms with Gasteiger partial charge in [0.05, 0.1) is 17.0 Å². The van der Waals surface area contributed by atoms with Crippen LogP contribution in [-0.4, -0.2) is 15.9 Å². The van der Waals surface area contributed by atoms with E-state index in [-0.39, 0.29) is 5.54 Å². The first kappa shape index (κ1) is 18.3. The van der Waals surface area contributed by atoms with Gasteiger partial charge in [-0.15, -0.1) is 0 Å². The van der Waals surface area contributed by atoms with Crippen LogP contribution in [0.3, 0.4) is 0 Å².